The number of carbonyl (C=O) groups is 2. The molecule has 2 fully saturated rings. The largest absolute Gasteiger partial charge is 0.339 e. The maximum Gasteiger partial charge on any atom is 0.236 e. The summed E-state index contributed by atoms with van der Waals surface area (Å²) >= 11 is 0. The SMILES string of the molecule is CCNCC(=O)N1CCN(CC2CCN(CC(=O)CC)CC2)CC1. The van der Waals surface area contributed by atoms with Gasteiger partial charge in [-0.25, -0.2) is 0 Å². The van der Waals surface area contributed by atoms with E-state index in [0.717, 1.165) is 58.3 Å². The Bertz CT molecular complexity index is 400. The highest BCUT2D eigenvalue weighted by Crippen LogP contribution is 2.19. The Kier molecular flexibility index (Phi) is 8.15. The number of Topliss-reactive ketones (excluding diaryl/α,β-unsaturated/α-hetero) is 1. The molecule has 6 nitrogen and oxygen atoms in total. The molecule has 1 amide bonds. The summed E-state index contributed by atoms with van der Waals surface area (Å²) in [6.07, 6.45) is 3.03. The van der Waals surface area contributed by atoms with E-state index in [1.165, 1.54) is 12.8 Å². The smallest absolute Gasteiger partial charge is 0.236 e. The monoisotopic (exact) mass is 338 g/mol. The van der Waals surface area contributed by atoms with Gasteiger partial charge in [-0.15, -0.1) is 0 Å². The second-order valence-electron chi connectivity index (χ2n) is 7.07. The van der Waals surface area contributed by atoms with Gasteiger partial charge >= 0.3 is 0 Å². The van der Waals surface area contributed by atoms with Gasteiger partial charge in [0.25, 0.3) is 0 Å². The molecule has 0 saturated carbocycles. The molecule has 0 aliphatic carbocycles. The molecule has 0 aromatic heterocycles. The summed E-state index contributed by atoms with van der Waals surface area (Å²) in [6, 6.07) is 0. The lowest BCUT2D eigenvalue weighted by Crippen LogP contribution is -2.52. The van der Waals surface area contributed by atoms with Crippen LogP contribution in [0.25, 0.3) is 0 Å². The molecule has 0 atom stereocenters. The van der Waals surface area contributed by atoms with Crippen LogP contribution in [0.2, 0.25) is 0 Å². The second-order valence-corrected chi connectivity index (χ2v) is 7.07. The summed E-state index contributed by atoms with van der Waals surface area (Å²) in [5, 5.41) is 3.11. The third-order valence-corrected chi connectivity index (χ3v) is 5.27. The highest BCUT2D eigenvalue weighted by Gasteiger charge is 2.25. The normalized spacial score (nSPS) is 21.2. The van der Waals surface area contributed by atoms with Crippen LogP contribution in [0.15, 0.2) is 0 Å². The molecule has 2 aliphatic heterocycles. The number of likely N-dealkylation sites (N-methyl/N-ethyl adjacent to an activating group) is 1. The fraction of sp³-hybridized carbons (Fsp3) is 0.889. The molecule has 0 spiro atoms. The summed E-state index contributed by atoms with van der Waals surface area (Å²) in [5.41, 5.74) is 0. The van der Waals surface area contributed by atoms with Crippen molar-refractivity contribution in [2.45, 2.75) is 33.1 Å². The number of hydrogen-bond acceptors (Lipinski definition) is 5. The number of nitrogens with one attached hydrogen (secondary N) is 1. The predicted octanol–water partition coefficient (Wildman–Crippen LogP) is 0.431. The summed E-state index contributed by atoms with van der Waals surface area (Å²) in [7, 11) is 0. The van der Waals surface area contributed by atoms with Crippen molar-refractivity contribution in [3.05, 3.63) is 0 Å². The van der Waals surface area contributed by atoms with Crippen LogP contribution in [-0.2, 0) is 9.59 Å². The van der Waals surface area contributed by atoms with Gasteiger partial charge in [-0.05, 0) is 38.4 Å². The third-order valence-electron chi connectivity index (χ3n) is 5.27. The molecule has 1 N–H and O–H groups in total. The Morgan fingerprint density at radius 3 is 2.21 bits per heavy atom. The molecule has 0 unspecified atom stereocenters. The number of rotatable bonds is 8. The van der Waals surface area contributed by atoms with Crippen molar-refractivity contribution in [3.8, 4) is 0 Å². The number of ketones is 1. The number of likely N-dealkylation sites (tertiary alicyclic amines) is 1. The van der Waals surface area contributed by atoms with Crippen molar-refractivity contribution >= 4 is 11.7 Å². The molecule has 2 heterocycles. The molecule has 0 aromatic carbocycles. The minimum atomic E-state index is 0.227. The van der Waals surface area contributed by atoms with Gasteiger partial charge in [0.2, 0.25) is 5.91 Å². The molecule has 24 heavy (non-hydrogen) atoms. The van der Waals surface area contributed by atoms with E-state index in [1.807, 2.05) is 18.7 Å². The van der Waals surface area contributed by atoms with Crippen molar-refractivity contribution in [1.82, 2.24) is 20.0 Å². The van der Waals surface area contributed by atoms with Crippen molar-refractivity contribution in [2.24, 2.45) is 5.92 Å². The lowest BCUT2D eigenvalue weighted by atomic mass is 9.95. The van der Waals surface area contributed by atoms with E-state index < -0.39 is 0 Å². The summed E-state index contributed by atoms with van der Waals surface area (Å²) in [5.74, 6) is 1.32. The summed E-state index contributed by atoms with van der Waals surface area (Å²) in [4.78, 5) is 30.4. The molecule has 138 valence electrons. The molecule has 0 radical (unpaired) electrons. The van der Waals surface area contributed by atoms with Crippen molar-refractivity contribution in [1.29, 1.82) is 0 Å². The van der Waals surface area contributed by atoms with Crippen LogP contribution in [0, 0.1) is 5.92 Å². The van der Waals surface area contributed by atoms with Gasteiger partial charge in [0, 0.05) is 39.1 Å². The van der Waals surface area contributed by atoms with Crippen LogP contribution in [0.1, 0.15) is 33.1 Å². The lowest BCUT2D eigenvalue weighted by Gasteiger charge is -2.38. The van der Waals surface area contributed by atoms with E-state index in [9.17, 15) is 9.59 Å². The number of hydrogen-bond donors (Lipinski definition) is 1. The minimum absolute atomic E-state index is 0.227. The molecule has 2 aliphatic rings. The molecule has 0 bridgehead atoms. The maximum absolute atomic E-state index is 12.0. The first-order chi connectivity index (χ1) is 11.6. The quantitative estimate of drug-likeness (QED) is 0.696. The minimum Gasteiger partial charge on any atom is -0.339 e. The maximum atomic E-state index is 12.0. The van der Waals surface area contributed by atoms with Gasteiger partial charge in [0.15, 0.2) is 0 Å². The molecular weight excluding hydrogens is 304 g/mol. The van der Waals surface area contributed by atoms with Crippen molar-refractivity contribution in [2.75, 3.05) is 65.4 Å². The zero-order valence-corrected chi connectivity index (χ0v) is 15.4. The van der Waals surface area contributed by atoms with Crippen LogP contribution in [0.5, 0.6) is 0 Å². The Morgan fingerprint density at radius 1 is 0.958 bits per heavy atom. The Balaban J connectivity index is 1.63. The topological polar surface area (TPSA) is 55.9 Å². The van der Waals surface area contributed by atoms with Gasteiger partial charge in [-0.2, -0.15) is 0 Å². The first kappa shape index (κ1) is 19.3. The van der Waals surface area contributed by atoms with Crippen molar-refractivity contribution < 1.29 is 9.59 Å². The average molecular weight is 338 g/mol. The van der Waals surface area contributed by atoms with Gasteiger partial charge < -0.3 is 10.2 Å². The first-order valence-electron chi connectivity index (χ1n) is 9.57. The van der Waals surface area contributed by atoms with Crippen LogP contribution in [0.3, 0.4) is 0 Å². The number of carbonyl (C=O) groups excluding carboxylic acids is 2. The van der Waals surface area contributed by atoms with Gasteiger partial charge in [0.1, 0.15) is 5.78 Å². The number of amides is 1. The highest BCUT2D eigenvalue weighted by molar-refractivity contribution is 5.80. The number of nitrogens with zero attached hydrogens (tertiary/aromatic N) is 3. The van der Waals surface area contributed by atoms with Gasteiger partial charge in [-0.3, -0.25) is 19.4 Å². The van der Waals surface area contributed by atoms with Gasteiger partial charge in [-0.1, -0.05) is 13.8 Å². The van der Waals surface area contributed by atoms with E-state index in [-0.39, 0.29) is 5.91 Å². The Hall–Kier alpha value is -0.980. The van der Waals surface area contributed by atoms with Crippen LogP contribution in [0.4, 0.5) is 0 Å². The molecule has 2 saturated heterocycles. The Labute approximate surface area is 146 Å². The standard InChI is InChI=1S/C18H34N4O2/c1-3-17(23)15-20-7-5-16(6-8-20)14-21-9-11-22(12-10-21)18(24)13-19-4-2/h16,19H,3-15H2,1-2H3. The van der Waals surface area contributed by atoms with E-state index >= 15 is 0 Å². The zero-order chi connectivity index (χ0) is 17.4. The highest BCUT2D eigenvalue weighted by atomic mass is 16.2. The lowest BCUT2D eigenvalue weighted by molar-refractivity contribution is -0.132. The third kappa shape index (κ3) is 6.15. The number of piperazine rings is 1. The molecule has 0 aromatic rings. The van der Waals surface area contributed by atoms with E-state index in [1.54, 1.807) is 0 Å². The van der Waals surface area contributed by atoms with Crippen LogP contribution < -0.4 is 5.32 Å². The fourth-order valence-corrected chi connectivity index (χ4v) is 3.58. The van der Waals surface area contributed by atoms with Crippen LogP contribution >= 0.6 is 0 Å². The molecule has 2 rings (SSSR count). The second kappa shape index (κ2) is 10.1. The summed E-state index contributed by atoms with van der Waals surface area (Å²) in [6.45, 7) is 12.9. The average Bonchev–Trinajstić information content (AvgIpc) is 2.61. The van der Waals surface area contributed by atoms with E-state index in [0.29, 0.717) is 25.3 Å². The zero-order valence-electron chi connectivity index (χ0n) is 15.4. The van der Waals surface area contributed by atoms with Gasteiger partial charge in [0.05, 0.1) is 13.1 Å². The fourth-order valence-electron chi connectivity index (χ4n) is 3.58. The number of piperidine rings is 1. The van der Waals surface area contributed by atoms with Crippen LogP contribution in [-0.4, -0.2) is 91.8 Å². The first-order valence-corrected chi connectivity index (χ1v) is 9.57. The summed E-state index contributed by atoms with van der Waals surface area (Å²) < 4.78 is 0. The predicted molar refractivity (Wildman–Crippen MR) is 96.0 cm³/mol. The van der Waals surface area contributed by atoms with Crippen molar-refractivity contribution in [3.63, 3.8) is 0 Å². The van der Waals surface area contributed by atoms with E-state index in [4.69, 9.17) is 0 Å². The van der Waals surface area contributed by atoms with E-state index in [2.05, 4.69) is 15.1 Å². The molecular formula is C18H34N4O2. The Morgan fingerprint density at radius 2 is 1.62 bits per heavy atom. The molecule has 6 heteroatoms.